The fourth-order valence-corrected chi connectivity index (χ4v) is 3.56. The molecule has 0 bridgehead atoms. The third-order valence-corrected chi connectivity index (χ3v) is 5.05. The highest BCUT2D eigenvalue weighted by molar-refractivity contribution is 6.11. The first-order chi connectivity index (χ1) is 12.0. The number of piperidine rings is 1. The fraction of sp³-hybridized carbons (Fsp3) is 0.471. The summed E-state index contributed by atoms with van der Waals surface area (Å²) < 4.78 is 2.65. The first-order valence-electron chi connectivity index (χ1n) is 8.44. The predicted octanol–water partition coefficient (Wildman–Crippen LogP) is -0.0564. The lowest BCUT2D eigenvalue weighted by Gasteiger charge is -2.40. The van der Waals surface area contributed by atoms with Crippen LogP contribution in [0.25, 0.3) is 11.0 Å². The van der Waals surface area contributed by atoms with Gasteiger partial charge in [0, 0.05) is 51.2 Å². The number of rotatable bonds is 3. The third kappa shape index (κ3) is 2.36. The third-order valence-electron chi connectivity index (χ3n) is 5.05. The molecule has 3 heterocycles. The van der Waals surface area contributed by atoms with Crippen LogP contribution in [0.15, 0.2) is 23.0 Å². The lowest BCUT2D eigenvalue weighted by atomic mass is 10.0. The molecule has 0 aliphatic carbocycles. The van der Waals surface area contributed by atoms with E-state index in [0.717, 1.165) is 23.8 Å². The Labute approximate surface area is 143 Å². The molecule has 8 heteroatoms. The summed E-state index contributed by atoms with van der Waals surface area (Å²) in [5.41, 5.74) is 1.76. The number of aromatic nitrogens is 2. The van der Waals surface area contributed by atoms with Crippen molar-refractivity contribution >= 4 is 28.5 Å². The number of carbonyl (C=O) groups is 2. The number of aliphatic hydroxyl groups excluding tert-OH is 1. The summed E-state index contributed by atoms with van der Waals surface area (Å²) in [6, 6.07) is 5.54. The maximum absolute atomic E-state index is 12.7. The Hall–Kier alpha value is -2.61. The second kappa shape index (κ2) is 5.73. The van der Waals surface area contributed by atoms with Gasteiger partial charge < -0.3 is 10.0 Å². The Morgan fingerprint density at radius 3 is 2.40 bits per heavy atom. The van der Waals surface area contributed by atoms with Crippen LogP contribution in [0.2, 0.25) is 0 Å². The number of aryl methyl sites for hydroxylation is 1. The van der Waals surface area contributed by atoms with Crippen molar-refractivity contribution in [3.05, 3.63) is 28.7 Å². The zero-order chi connectivity index (χ0) is 17.7. The normalized spacial score (nSPS) is 19.0. The van der Waals surface area contributed by atoms with Gasteiger partial charge in [-0.25, -0.2) is 4.79 Å². The number of benzene rings is 1. The van der Waals surface area contributed by atoms with E-state index in [9.17, 15) is 14.4 Å². The Kier molecular flexibility index (Phi) is 3.64. The molecule has 1 aromatic heterocycles. The van der Waals surface area contributed by atoms with E-state index >= 15 is 0 Å². The summed E-state index contributed by atoms with van der Waals surface area (Å²) in [5.74, 6) is -0.403. The fourth-order valence-electron chi connectivity index (χ4n) is 3.56. The molecule has 2 saturated heterocycles. The second-order valence-electron chi connectivity index (χ2n) is 6.73. The van der Waals surface area contributed by atoms with Crippen LogP contribution in [0.5, 0.6) is 0 Å². The maximum Gasteiger partial charge on any atom is 0.348 e. The number of imidazole rings is 1. The molecule has 0 spiro atoms. The van der Waals surface area contributed by atoms with Gasteiger partial charge >= 0.3 is 5.69 Å². The van der Waals surface area contributed by atoms with Gasteiger partial charge in [0.2, 0.25) is 11.8 Å². The van der Waals surface area contributed by atoms with E-state index in [-0.39, 0.29) is 37.2 Å². The number of anilines is 1. The molecule has 0 radical (unpaired) electrons. The van der Waals surface area contributed by atoms with Crippen LogP contribution in [-0.4, -0.2) is 45.9 Å². The minimum atomic E-state index is -0.410. The minimum Gasteiger partial charge on any atom is -0.396 e. The standard InChI is InChI=1S/C17H20N4O4/c1-18-14-7-12(19-8-11(9-19)10-22)5-6-13(14)20(17(18)25)21-15(23)3-2-4-16(21)24/h5-7,11,22H,2-4,8-10H2,1H3. The van der Waals surface area contributed by atoms with Gasteiger partial charge in [0.15, 0.2) is 0 Å². The van der Waals surface area contributed by atoms with Crippen LogP contribution < -0.4 is 15.6 Å². The molecule has 0 saturated carbocycles. The zero-order valence-electron chi connectivity index (χ0n) is 14.0. The summed E-state index contributed by atoms with van der Waals surface area (Å²) in [4.78, 5) is 39.2. The van der Waals surface area contributed by atoms with Gasteiger partial charge in [-0.1, -0.05) is 0 Å². The molecule has 2 aliphatic rings. The second-order valence-corrected chi connectivity index (χ2v) is 6.73. The molecule has 2 aromatic rings. The first-order valence-corrected chi connectivity index (χ1v) is 8.44. The topological polar surface area (TPSA) is 87.8 Å². The highest BCUT2D eigenvalue weighted by Gasteiger charge is 2.32. The van der Waals surface area contributed by atoms with E-state index in [1.807, 2.05) is 12.1 Å². The molecule has 8 nitrogen and oxygen atoms in total. The van der Waals surface area contributed by atoms with Crippen molar-refractivity contribution in [3.8, 4) is 0 Å². The van der Waals surface area contributed by atoms with Crippen molar-refractivity contribution in [2.75, 3.05) is 29.6 Å². The molecule has 25 heavy (non-hydrogen) atoms. The van der Waals surface area contributed by atoms with Gasteiger partial charge in [-0.2, -0.15) is 9.69 Å². The number of amides is 2. The number of imide groups is 1. The van der Waals surface area contributed by atoms with Crippen LogP contribution in [0.1, 0.15) is 19.3 Å². The Morgan fingerprint density at radius 2 is 1.76 bits per heavy atom. The molecule has 2 aliphatic heterocycles. The van der Waals surface area contributed by atoms with Gasteiger partial charge in [0.05, 0.1) is 11.0 Å². The van der Waals surface area contributed by atoms with Crippen LogP contribution in [0, 0.1) is 5.92 Å². The Bertz CT molecular complexity index is 907. The van der Waals surface area contributed by atoms with Crippen LogP contribution in [0.4, 0.5) is 5.69 Å². The zero-order valence-corrected chi connectivity index (χ0v) is 14.0. The lowest BCUT2D eigenvalue weighted by molar-refractivity contribution is -0.131. The van der Waals surface area contributed by atoms with Crippen molar-refractivity contribution in [2.24, 2.45) is 13.0 Å². The largest absolute Gasteiger partial charge is 0.396 e. The van der Waals surface area contributed by atoms with E-state index in [2.05, 4.69) is 4.90 Å². The van der Waals surface area contributed by atoms with Crippen molar-refractivity contribution in [2.45, 2.75) is 19.3 Å². The molecular formula is C17H20N4O4. The summed E-state index contributed by atoms with van der Waals surface area (Å²) in [5, 5.41) is 10.1. The van der Waals surface area contributed by atoms with Crippen molar-refractivity contribution in [1.29, 1.82) is 0 Å². The Balaban J connectivity index is 1.79. The highest BCUT2D eigenvalue weighted by Crippen LogP contribution is 2.28. The molecule has 1 N–H and O–H groups in total. The summed E-state index contributed by atoms with van der Waals surface area (Å²) in [6.45, 7) is 1.73. The quantitative estimate of drug-likeness (QED) is 0.789. The minimum absolute atomic E-state index is 0.173. The van der Waals surface area contributed by atoms with Gasteiger partial charge in [-0.15, -0.1) is 0 Å². The van der Waals surface area contributed by atoms with E-state index in [1.54, 1.807) is 13.1 Å². The van der Waals surface area contributed by atoms with E-state index < -0.39 is 5.69 Å². The van der Waals surface area contributed by atoms with Crippen molar-refractivity contribution in [3.63, 3.8) is 0 Å². The van der Waals surface area contributed by atoms with Gasteiger partial charge in [-0.3, -0.25) is 14.2 Å². The van der Waals surface area contributed by atoms with Crippen LogP contribution in [-0.2, 0) is 16.6 Å². The van der Waals surface area contributed by atoms with E-state index in [4.69, 9.17) is 5.11 Å². The van der Waals surface area contributed by atoms with Gasteiger partial charge in [-0.05, 0) is 24.6 Å². The van der Waals surface area contributed by atoms with Crippen molar-refractivity contribution < 1.29 is 14.7 Å². The average molecular weight is 344 g/mol. The highest BCUT2D eigenvalue weighted by atomic mass is 16.3. The monoisotopic (exact) mass is 344 g/mol. The predicted molar refractivity (Wildman–Crippen MR) is 92.0 cm³/mol. The lowest BCUT2D eigenvalue weighted by Crippen LogP contribution is -2.52. The van der Waals surface area contributed by atoms with Crippen molar-refractivity contribution in [1.82, 2.24) is 9.24 Å². The van der Waals surface area contributed by atoms with Crippen LogP contribution in [0.3, 0.4) is 0 Å². The molecule has 0 atom stereocenters. The Morgan fingerprint density at radius 1 is 1.08 bits per heavy atom. The van der Waals surface area contributed by atoms with E-state index in [0.29, 0.717) is 17.5 Å². The summed E-state index contributed by atoms with van der Waals surface area (Å²) in [6.07, 6.45) is 1.06. The maximum atomic E-state index is 12.7. The molecule has 132 valence electrons. The number of aliphatic hydroxyl groups is 1. The number of nitrogens with zero attached hydrogens (tertiary/aromatic N) is 4. The molecule has 0 unspecified atom stereocenters. The SMILES string of the molecule is Cn1c(=O)n(N2C(=O)CCCC2=O)c2ccc(N3CC(CO)C3)cc21. The number of carbonyl (C=O) groups excluding carboxylic acids is 2. The first kappa shape index (κ1) is 15.9. The number of hydrogen-bond donors (Lipinski definition) is 1. The summed E-state index contributed by atoms with van der Waals surface area (Å²) >= 11 is 0. The van der Waals surface area contributed by atoms with Gasteiger partial charge in [0.25, 0.3) is 0 Å². The average Bonchev–Trinajstić information content (AvgIpc) is 2.79. The summed E-state index contributed by atoms with van der Waals surface area (Å²) in [7, 11) is 1.64. The molecule has 2 amide bonds. The number of hydrogen-bond acceptors (Lipinski definition) is 5. The smallest absolute Gasteiger partial charge is 0.348 e. The molecule has 1 aromatic carbocycles. The van der Waals surface area contributed by atoms with Crippen LogP contribution >= 0.6 is 0 Å². The number of fused-ring (bicyclic) bond motifs is 1. The molecule has 4 rings (SSSR count). The molecule has 2 fully saturated rings. The van der Waals surface area contributed by atoms with E-state index in [1.165, 1.54) is 9.24 Å². The van der Waals surface area contributed by atoms with Gasteiger partial charge in [0.1, 0.15) is 0 Å². The molecular weight excluding hydrogens is 324 g/mol.